The quantitative estimate of drug-likeness (QED) is 0.157. The molecule has 11 aromatic rings. The summed E-state index contributed by atoms with van der Waals surface area (Å²) < 4.78 is 0. The molecular formula is C68H46N2. The molecule has 0 radical (unpaired) electrons. The number of nitrogens with zero attached hydrogens (tertiary/aromatic N) is 2. The Morgan fingerprint density at radius 2 is 0.443 bits per heavy atom. The first-order valence-electron chi connectivity index (χ1n) is 24.3. The Kier molecular flexibility index (Phi) is 9.06. The van der Waals surface area contributed by atoms with Crippen LogP contribution in [0.4, 0.5) is 34.1 Å². The van der Waals surface area contributed by atoms with E-state index in [1.54, 1.807) is 0 Å². The molecule has 2 nitrogen and oxygen atoms in total. The molecule has 0 amide bonds. The Morgan fingerprint density at radius 1 is 0.186 bits per heavy atom. The maximum atomic E-state index is 2.51. The molecule has 0 unspecified atom stereocenters. The first kappa shape index (κ1) is 40.1. The van der Waals surface area contributed by atoms with Gasteiger partial charge in [-0.25, -0.2) is 0 Å². The number of benzene rings is 11. The van der Waals surface area contributed by atoms with Crippen molar-refractivity contribution >= 4 is 34.1 Å². The third-order valence-electron chi connectivity index (χ3n) is 15.3. The van der Waals surface area contributed by atoms with E-state index in [2.05, 4.69) is 289 Å². The van der Waals surface area contributed by atoms with Gasteiger partial charge in [0.05, 0.1) is 10.8 Å². The van der Waals surface area contributed by atoms with Gasteiger partial charge in [-0.15, -0.1) is 0 Å². The van der Waals surface area contributed by atoms with E-state index in [1.807, 2.05) is 0 Å². The molecule has 0 N–H and O–H groups in total. The molecule has 70 heavy (non-hydrogen) atoms. The van der Waals surface area contributed by atoms with Crippen LogP contribution in [-0.2, 0) is 10.8 Å². The molecule has 0 fully saturated rings. The van der Waals surface area contributed by atoms with Gasteiger partial charge in [-0.3, -0.25) is 0 Å². The van der Waals surface area contributed by atoms with Crippen molar-refractivity contribution in [2.75, 3.05) is 9.80 Å². The SMILES string of the molecule is c1ccc(N(c2ccccc2)c2ccc(N(c3ccccc3)c3ccc(-c4ccc5c(c4)C4(c6ccccc6-5)c5ccccc5C5(c6ccccc6-c6ccccc65)c5ccccc54)cc3)cc2)cc1. The fraction of sp³-hybridized carbons (Fsp3) is 0.0294. The van der Waals surface area contributed by atoms with Crippen LogP contribution in [-0.4, -0.2) is 0 Å². The summed E-state index contributed by atoms with van der Waals surface area (Å²) in [5, 5.41) is 0. The molecule has 0 aromatic heterocycles. The first-order valence-corrected chi connectivity index (χ1v) is 24.3. The highest BCUT2D eigenvalue weighted by molar-refractivity contribution is 5.95. The molecule has 328 valence electrons. The van der Waals surface area contributed by atoms with Crippen LogP contribution in [0.15, 0.2) is 279 Å². The lowest BCUT2D eigenvalue weighted by Gasteiger charge is -2.48. The average Bonchev–Trinajstić information content (AvgIpc) is 3.91. The summed E-state index contributed by atoms with van der Waals surface area (Å²) in [4.78, 5) is 4.66. The Bertz CT molecular complexity index is 3630. The average molecular weight is 891 g/mol. The highest BCUT2D eigenvalue weighted by Crippen LogP contribution is 2.67. The zero-order valence-electron chi connectivity index (χ0n) is 38.5. The van der Waals surface area contributed by atoms with E-state index in [0.717, 1.165) is 34.1 Å². The van der Waals surface area contributed by atoms with Crippen LogP contribution in [0.1, 0.15) is 44.5 Å². The van der Waals surface area contributed by atoms with Gasteiger partial charge in [-0.05, 0) is 157 Å². The molecule has 0 saturated carbocycles. The lowest BCUT2D eigenvalue weighted by Crippen LogP contribution is -2.43. The van der Waals surface area contributed by atoms with Gasteiger partial charge in [0.15, 0.2) is 0 Å². The van der Waals surface area contributed by atoms with E-state index >= 15 is 0 Å². The molecule has 14 rings (SSSR count). The fourth-order valence-corrected chi connectivity index (χ4v) is 12.6. The third kappa shape index (κ3) is 5.68. The number of hydrogen-bond acceptors (Lipinski definition) is 2. The number of hydrogen-bond donors (Lipinski definition) is 0. The molecule has 3 aliphatic carbocycles. The zero-order valence-corrected chi connectivity index (χ0v) is 38.5. The highest BCUT2D eigenvalue weighted by atomic mass is 15.2. The van der Waals surface area contributed by atoms with E-state index in [0.29, 0.717) is 0 Å². The lowest BCUT2D eigenvalue weighted by molar-refractivity contribution is 0.633. The van der Waals surface area contributed by atoms with Gasteiger partial charge in [-0.2, -0.15) is 0 Å². The van der Waals surface area contributed by atoms with Crippen molar-refractivity contribution in [3.05, 3.63) is 324 Å². The first-order chi connectivity index (χ1) is 34.7. The molecule has 2 heteroatoms. The van der Waals surface area contributed by atoms with Gasteiger partial charge >= 0.3 is 0 Å². The number of anilines is 6. The topological polar surface area (TPSA) is 6.48 Å². The van der Waals surface area contributed by atoms with Gasteiger partial charge in [0.25, 0.3) is 0 Å². The minimum atomic E-state index is -0.542. The summed E-state index contributed by atoms with van der Waals surface area (Å²) in [5.41, 5.74) is 24.0. The molecule has 11 aromatic carbocycles. The summed E-state index contributed by atoms with van der Waals surface area (Å²) >= 11 is 0. The van der Waals surface area contributed by atoms with Crippen molar-refractivity contribution in [3.8, 4) is 33.4 Å². The molecule has 0 atom stereocenters. The summed E-state index contributed by atoms with van der Waals surface area (Å²) in [6.07, 6.45) is 0. The second kappa shape index (κ2) is 15.8. The van der Waals surface area contributed by atoms with Gasteiger partial charge in [0.2, 0.25) is 0 Å². The van der Waals surface area contributed by atoms with Gasteiger partial charge in [0, 0.05) is 34.1 Å². The van der Waals surface area contributed by atoms with E-state index < -0.39 is 10.8 Å². The monoisotopic (exact) mass is 890 g/mol. The second-order valence-corrected chi connectivity index (χ2v) is 18.7. The number of para-hydroxylation sites is 3. The fourth-order valence-electron chi connectivity index (χ4n) is 12.6. The standard InChI is InChI=1S/C68H46N2/c1-4-20-49(21-5-1)69(50-22-6-2-7-23-50)53-41-43-54(44-42-53)70(51-24-8-3-9-25-51)52-39-36-47(37-40-52)48-38-45-58-57-28-12-15-31-61(57)68(66(58)46-48)64-34-18-16-32-62(64)67(63-33-17-19-35-65(63)68)59-29-13-10-26-55(59)56-27-11-14-30-60(56)67/h1-46H. The molecular weight excluding hydrogens is 845 g/mol. The van der Waals surface area contributed by atoms with Crippen LogP contribution in [0, 0.1) is 0 Å². The Balaban J connectivity index is 0.900. The Labute approximate surface area is 409 Å². The molecule has 3 aliphatic rings. The van der Waals surface area contributed by atoms with Crippen LogP contribution >= 0.6 is 0 Å². The summed E-state index contributed by atoms with van der Waals surface area (Å²) in [7, 11) is 0. The van der Waals surface area contributed by atoms with Crippen molar-refractivity contribution < 1.29 is 0 Å². The van der Waals surface area contributed by atoms with Crippen molar-refractivity contribution in [2.45, 2.75) is 10.8 Å². The summed E-state index contributed by atoms with van der Waals surface area (Å²) in [6.45, 7) is 0. The molecule has 0 bridgehead atoms. The van der Waals surface area contributed by atoms with Crippen molar-refractivity contribution in [3.63, 3.8) is 0 Å². The van der Waals surface area contributed by atoms with Crippen LogP contribution in [0.3, 0.4) is 0 Å². The van der Waals surface area contributed by atoms with Gasteiger partial charge < -0.3 is 9.80 Å². The Hall–Kier alpha value is -8.98. The van der Waals surface area contributed by atoms with E-state index in [9.17, 15) is 0 Å². The maximum absolute atomic E-state index is 2.51. The number of fused-ring (bicyclic) bond motifs is 16. The van der Waals surface area contributed by atoms with Gasteiger partial charge in [-0.1, -0.05) is 200 Å². The minimum absolute atomic E-state index is 0.467. The van der Waals surface area contributed by atoms with Crippen molar-refractivity contribution in [2.24, 2.45) is 0 Å². The minimum Gasteiger partial charge on any atom is -0.311 e. The van der Waals surface area contributed by atoms with E-state index in [1.165, 1.54) is 77.9 Å². The lowest BCUT2D eigenvalue weighted by atomic mass is 9.52. The molecule has 0 heterocycles. The molecule has 0 saturated heterocycles. The van der Waals surface area contributed by atoms with Crippen LogP contribution in [0.5, 0.6) is 0 Å². The maximum Gasteiger partial charge on any atom is 0.0720 e. The smallest absolute Gasteiger partial charge is 0.0720 e. The number of rotatable bonds is 7. The summed E-state index contributed by atoms with van der Waals surface area (Å²) in [5.74, 6) is 0. The van der Waals surface area contributed by atoms with Crippen molar-refractivity contribution in [1.29, 1.82) is 0 Å². The van der Waals surface area contributed by atoms with Crippen molar-refractivity contribution in [1.82, 2.24) is 0 Å². The highest BCUT2D eigenvalue weighted by Gasteiger charge is 2.58. The van der Waals surface area contributed by atoms with E-state index in [4.69, 9.17) is 0 Å². The van der Waals surface area contributed by atoms with Gasteiger partial charge in [0.1, 0.15) is 0 Å². The molecule has 0 aliphatic heterocycles. The predicted molar refractivity (Wildman–Crippen MR) is 289 cm³/mol. The van der Waals surface area contributed by atoms with Crippen LogP contribution in [0.25, 0.3) is 33.4 Å². The normalized spacial score (nSPS) is 13.7. The zero-order chi connectivity index (χ0) is 46.2. The second-order valence-electron chi connectivity index (χ2n) is 18.7. The largest absolute Gasteiger partial charge is 0.311 e. The predicted octanol–water partition coefficient (Wildman–Crippen LogP) is 17.3. The molecule has 2 spiro atoms. The summed E-state index contributed by atoms with van der Waals surface area (Å²) in [6, 6.07) is 103. The van der Waals surface area contributed by atoms with Crippen LogP contribution < -0.4 is 9.80 Å². The Morgan fingerprint density at radius 3 is 0.814 bits per heavy atom. The van der Waals surface area contributed by atoms with E-state index in [-0.39, 0.29) is 0 Å². The third-order valence-corrected chi connectivity index (χ3v) is 15.3. The van der Waals surface area contributed by atoms with Crippen LogP contribution in [0.2, 0.25) is 0 Å².